The second-order valence-corrected chi connectivity index (χ2v) is 7.49. The first-order chi connectivity index (χ1) is 12.9. The van der Waals surface area contributed by atoms with E-state index in [1.165, 1.54) is 0 Å². The molecule has 0 bridgehead atoms. The van der Waals surface area contributed by atoms with E-state index in [9.17, 15) is 4.79 Å². The molecule has 0 fully saturated rings. The maximum absolute atomic E-state index is 12.5. The monoisotopic (exact) mass is 359 g/mol. The molecule has 0 aromatic heterocycles. The molecule has 0 aliphatic heterocycles. The highest BCUT2D eigenvalue weighted by molar-refractivity contribution is 5.96. The lowest BCUT2D eigenvalue weighted by Gasteiger charge is -2.22. The number of nitrogens with one attached hydrogen (secondary N) is 1. The van der Waals surface area contributed by atoms with E-state index in [1.807, 2.05) is 78.9 Å². The summed E-state index contributed by atoms with van der Waals surface area (Å²) >= 11 is 0. The summed E-state index contributed by atoms with van der Waals surface area (Å²) in [5.41, 5.74) is 3.87. The van der Waals surface area contributed by atoms with Gasteiger partial charge in [0.2, 0.25) is 0 Å². The molecule has 3 aromatic carbocycles. The normalized spacial score (nSPS) is 11.1. The molecule has 0 aliphatic carbocycles. The lowest BCUT2D eigenvalue weighted by molar-refractivity contribution is -0.118. The second-order valence-electron chi connectivity index (χ2n) is 7.49. The molecule has 138 valence electrons. The first-order valence-electron chi connectivity index (χ1n) is 9.12. The van der Waals surface area contributed by atoms with Crippen molar-refractivity contribution in [2.24, 2.45) is 0 Å². The molecule has 0 atom stereocenters. The second kappa shape index (κ2) is 8.09. The highest BCUT2D eigenvalue weighted by Gasteiger charge is 2.19. The molecule has 0 saturated carbocycles. The molecule has 0 spiro atoms. The minimum atomic E-state index is -0.179. The van der Waals surface area contributed by atoms with Crippen LogP contribution in [0.25, 0.3) is 11.1 Å². The zero-order valence-corrected chi connectivity index (χ0v) is 16.0. The molecule has 3 aromatic rings. The molecule has 0 heterocycles. The summed E-state index contributed by atoms with van der Waals surface area (Å²) in [6.45, 7) is 6.36. The average molecular weight is 359 g/mol. The van der Waals surface area contributed by atoms with Crippen LogP contribution in [0.2, 0.25) is 0 Å². The Morgan fingerprint density at radius 1 is 0.852 bits per heavy atom. The van der Waals surface area contributed by atoms with Crippen LogP contribution >= 0.6 is 0 Å². The van der Waals surface area contributed by atoms with Crippen LogP contribution in [0.1, 0.15) is 26.3 Å². The van der Waals surface area contributed by atoms with E-state index in [1.54, 1.807) is 0 Å². The van der Waals surface area contributed by atoms with Crippen molar-refractivity contribution in [1.82, 2.24) is 0 Å². The van der Waals surface area contributed by atoms with Gasteiger partial charge in [0.05, 0.1) is 0 Å². The number of rotatable bonds is 5. The van der Waals surface area contributed by atoms with Crippen LogP contribution in [0.3, 0.4) is 0 Å². The van der Waals surface area contributed by atoms with Crippen molar-refractivity contribution in [2.45, 2.75) is 26.2 Å². The fourth-order valence-corrected chi connectivity index (χ4v) is 3.00. The lowest BCUT2D eigenvalue weighted by Crippen LogP contribution is -2.22. The molecule has 3 heteroatoms. The molecular weight excluding hydrogens is 334 g/mol. The van der Waals surface area contributed by atoms with Gasteiger partial charge in [-0.1, -0.05) is 87.5 Å². The predicted molar refractivity (Wildman–Crippen MR) is 111 cm³/mol. The van der Waals surface area contributed by atoms with Gasteiger partial charge in [0.25, 0.3) is 5.91 Å². The van der Waals surface area contributed by atoms with Crippen LogP contribution in [0.15, 0.2) is 78.9 Å². The summed E-state index contributed by atoms with van der Waals surface area (Å²) in [6.07, 6.45) is 0. The van der Waals surface area contributed by atoms with E-state index in [0.717, 1.165) is 28.1 Å². The number of anilines is 1. The summed E-state index contributed by atoms with van der Waals surface area (Å²) in [7, 11) is 0. The molecule has 1 amide bonds. The Balaban J connectivity index is 1.72. The number of para-hydroxylation sites is 2. The van der Waals surface area contributed by atoms with Crippen LogP contribution < -0.4 is 10.1 Å². The number of benzene rings is 3. The molecule has 27 heavy (non-hydrogen) atoms. The lowest BCUT2D eigenvalue weighted by atomic mass is 9.86. The summed E-state index contributed by atoms with van der Waals surface area (Å²) in [6, 6.07) is 25.7. The highest BCUT2D eigenvalue weighted by Crippen LogP contribution is 2.31. The van der Waals surface area contributed by atoms with Crippen molar-refractivity contribution in [2.75, 3.05) is 11.9 Å². The van der Waals surface area contributed by atoms with Gasteiger partial charge in [-0.2, -0.15) is 0 Å². The Morgan fingerprint density at radius 2 is 1.48 bits per heavy atom. The van der Waals surface area contributed by atoms with Crippen molar-refractivity contribution in [1.29, 1.82) is 0 Å². The number of hydrogen-bond donors (Lipinski definition) is 1. The Labute approximate surface area is 161 Å². The zero-order chi connectivity index (χ0) is 19.3. The third-order valence-corrected chi connectivity index (χ3v) is 4.34. The van der Waals surface area contributed by atoms with E-state index in [4.69, 9.17) is 4.74 Å². The van der Waals surface area contributed by atoms with Crippen molar-refractivity contribution in [3.05, 3.63) is 84.4 Å². The van der Waals surface area contributed by atoms with Crippen molar-refractivity contribution >= 4 is 11.6 Å². The molecule has 0 aliphatic rings. The van der Waals surface area contributed by atoms with Gasteiger partial charge in [-0.15, -0.1) is 0 Å². The van der Waals surface area contributed by atoms with E-state index in [0.29, 0.717) is 0 Å². The SMILES string of the molecule is CC(C)(C)c1ccccc1OCC(=O)Nc1ccccc1-c1ccccc1. The number of ether oxygens (including phenoxy) is 1. The van der Waals surface area contributed by atoms with Crippen molar-refractivity contribution < 1.29 is 9.53 Å². The first-order valence-corrected chi connectivity index (χ1v) is 9.12. The van der Waals surface area contributed by atoms with Gasteiger partial charge < -0.3 is 10.1 Å². The topological polar surface area (TPSA) is 38.3 Å². The fourth-order valence-electron chi connectivity index (χ4n) is 3.00. The fraction of sp³-hybridized carbons (Fsp3) is 0.208. The average Bonchev–Trinajstić information content (AvgIpc) is 2.67. The van der Waals surface area contributed by atoms with Crippen LogP contribution in [0, 0.1) is 0 Å². The molecule has 1 N–H and O–H groups in total. The van der Waals surface area contributed by atoms with E-state index in [2.05, 4.69) is 26.1 Å². The van der Waals surface area contributed by atoms with Crippen LogP contribution in [0.4, 0.5) is 5.69 Å². The summed E-state index contributed by atoms with van der Waals surface area (Å²) in [5, 5.41) is 2.97. The Morgan fingerprint density at radius 3 is 2.22 bits per heavy atom. The van der Waals surface area contributed by atoms with E-state index < -0.39 is 0 Å². The molecule has 0 saturated heterocycles. The van der Waals surface area contributed by atoms with Gasteiger partial charge in [-0.25, -0.2) is 0 Å². The molecule has 3 rings (SSSR count). The van der Waals surface area contributed by atoms with Gasteiger partial charge in [0, 0.05) is 11.3 Å². The standard InChI is InChI=1S/C24H25NO2/c1-24(2,3)20-14-8-10-16-22(20)27-17-23(26)25-21-15-9-7-13-19(21)18-11-5-4-6-12-18/h4-16H,17H2,1-3H3,(H,25,26). The van der Waals surface area contributed by atoms with E-state index >= 15 is 0 Å². The quantitative estimate of drug-likeness (QED) is 0.637. The Kier molecular flexibility index (Phi) is 5.60. The largest absolute Gasteiger partial charge is 0.483 e. The highest BCUT2D eigenvalue weighted by atomic mass is 16.5. The molecule has 0 radical (unpaired) electrons. The summed E-state index contributed by atoms with van der Waals surface area (Å²) in [4.78, 5) is 12.5. The minimum absolute atomic E-state index is 0.0315. The first kappa shape index (κ1) is 18.7. The van der Waals surface area contributed by atoms with Gasteiger partial charge in [0.1, 0.15) is 5.75 Å². The molecule has 3 nitrogen and oxygen atoms in total. The van der Waals surface area contributed by atoms with Gasteiger partial charge in [0.15, 0.2) is 6.61 Å². The van der Waals surface area contributed by atoms with Crippen LogP contribution in [-0.4, -0.2) is 12.5 Å². The summed E-state index contributed by atoms with van der Waals surface area (Å²) < 4.78 is 5.83. The van der Waals surface area contributed by atoms with Crippen LogP contribution in [-0.2, 0) is 10.2 Å². The maximum atomic E-state index is 12.5. The third kappa shape index (κ3) is 4.76. The van der Waals surface area contributed by atoms with Gasteiger partial charge in [-0.3, -0.25) is 4.79 Å². The minimum Gasteiger partial charge on any atom is -0.483 e. The Bertz CT molecular complexity index is 911. The third-order valence-electron chi connectivity index (χ3n) is 4.34. The number of amides is 1. The number of carbonyl (C=O) groups excluding carboxylic acids is 1. The van der Waals surface area contributed by atoms with Gasteiger partial charge >= 0.3 is 0 Å². The zero-order valence-electron chi connectivity index (χ0n) is 16.0. The summed E-state index contributed by atoms with van der Waals surface area (Å²) in [5.74, 6) is 0.568. The maximum Gasteiger partial charge on any atom is 0.262 e. The number of carbonyl (C=O) groups is 1. The smallest absolute Gasteiger partial charge is 0.262 e. The van der Waals surface area contributed by atoms with E-state index in [-0.39, 0.29) is 17.9 Å². The van der Waals surface area contributed by atoms with Crippen molar-refractivity contribution in [3.63, 3.8) is 0 Å². The number of hydrogen-bond acceptors (Lipinski definition) is 2. The molecular formula is C24H25NO2. The molecule has 0 unspecified atom stereocenters. The van der Waals surface area contributed by atoms with Gasteiger partial charge in [-0.05, 0) is 28.7 Å². The Hall–Kier alpha value is -3.07. The predicted octanol–water partition coefficient (Wildman–Crippen LogP) is 5.67. The van der Waals surface area contributed by atoms with Crippen molar-refractivity contribution in [3.8, 4) is 16.9 Å². The van der Waals surface area contributed by atoms with Crippen LogP contribution in [0.5, 0.6) is 5.75 Å².